The van der Waals surface area contributed by atoms with Crippen molar-refractivity contribution in [2.24, 2.45) is 0 Å². The van der Waals surface area contributed by atoms with Crippen molar-refractivity contribution in [3.63, 3.8) is 0 Å². The second-order valence-corrected chi connectivity index (χ2v) is 13.2. The van der Waals surface area contributed by atoms with Crippen molar-refractivity contribution in [1.82, 2.24) is 19.5 Å². The molecule has 0 radical (unpaired) electrons. The van der Waals surface area contributed by atoms with E-state index in [0.717, 1.165) is 27.8 Å². The zero-order chi connectivity index (χ0) is 33.5. The molecule has 0 spiro atoms. The monoisotopic (exact) mass is 648 g/mol. The average Bonchev–Trinajstić information content (AvgIpc) is 3.55. The van der Waals surface area contributed by atoms with Gasteiger partial charge in [0.15, 0.2) is 17.5 Å². The molecule has 2 heterocycles. The molecule has 0 aliphatic carbocycles. The van der Waals surface area contributed by atoms with Crippen molar-refractivity contribution in [2.45, 2.75) is 0 Å². The summed E-state index contributed by atoms with van der Waals surface area (Å²) in [6.07, 6.45) is 0. The van der Waals surface area contributed by atoms with Gasteiger partial charge in [0.25, 0.3) is 0 Å². The van der Waals surface area contributed by atoms with Gasteiger partial charge in [-0.15, -0.1) is 0 Å². The van der Waals surface area contributed by atoms with Crippen LogP contribution in [0.5, 0.6) is 0 Å². The summed E-state index contributed by atoms with van der Waals surface area (Å²) in [7, 11) is 0. The fourth-order valence-corrected chi connectivity index (χ4v) is 8.13. The molecule has 236 valence electrons. The SMILES string of the molecule is c1ccc(-c2nc(-c3ccccc3)nc(-c3cc(-n4c5cccc6c7ccc8ccccc8c7c7cccc4c7c65)c4ccccc4c3)n2)cc1. The summed E-state index contributed by atoms with van der Waals surface area (Å²) in [5, 5.41) is 12.5. The zero-order valence-corrected chi connectivity index (χ0v) is 27.5. The molecule has 0 aliphatic heterocycles. The lowest BCUT2D eigenvalue weighted by Gasteiger charge is -2.15. The van der Waals surface area contributed by atoms with Crippen LogP contribution in [0, 0.1) is 0 Å². The van der Waals surface area contributed by atoms with Gasteiger partial charge >= 0.3 is 0 Å². The van der Waals surface area contributed by atoms with Crippen molar-refractivity contribution in [1.29, 1.82) is 0 Å². The minimum atomic E-state index is 0.639. The maximum atomic E-state index is 5.12. The number of hydrogen-bond donors (Lipinski definition) is 0. The summed E-state index contributed by atoms with van der Waals surface area (Å²) in [6, 6.07) is 60.2. The van der Waals surface area contributed by atoms with Crippen LogP contribution in [-0.2, 0) is 0 Å². The third-order valence-corrected chi connectivity index (χ3v) is 10.3. The van der Waals surface area contributed by atoms with E-state index in [9.17, 15) is 0 Å². The molecule has 0 N–H and O–H groups in total. The number of rotatable bonds is 4. The molecule has 0 aliphatic rings. The highest BCUT2D eigenvalue weighted by Crippen LogP contribution is 2.46. The highest BCUT2D eigenvalue weighted by molar-refractivity contribution is 6.38. The predicted octanol–water partition coefficient (Wildman–Crippen LogP) is 12.0. The Morgan fingerprint density at radius 2 is 0.824 bits per heavy atom. The summed E-state index contributed by atoms with van der Waals surface area (Å²) in [4.78, 5) is 15.2. The molecule has 11 rings (SSSR count). The van der Waals surface area contributed by atoms with Crippen LogP contribution in [0.15, 0.2) is 170 Å². The van der Waals surface area contributed by atoms with E-state index >= 15 is 0 Å². The van der Waals surface area contributed by atoms with Gasteiger partial charge in [-0.3, -0.25) is 0 Å². The number of hydrogen-bond acceptors (Lipinski definition) is 3. The number of aromatic nitrogens is 4. The van der Waals surface area contributed by atoms with Crippen LogP contribution in [0.25, 0.3) is 105 Å². The number of benzene rings is 9. The Morgan fingerprint density at radius 3 is 1.51 bits per heavy atom. The first-order valence-electron chi connectivity index (χ1n) is 17.3. The van der Waals surface area contributed by atoms with E-state index in [2.05, 4.69) is 138 Å². The first kappa shape index (κ1) is 28.0. The molecule has 0 unspecified atom stereocenters. The summed E-state index contributed by atoms with van der Waals surface area (Å²) < 4.78 is 2.45. The minimum absolute atomic E-state index is 0.639. The molecule has 11 aromatic rings. The minimum Gasteiger partial charge on any atom is -0.309 e. The highest BCUT2D eigenvalue weighted by Gasteiger charge is 2.22. The molecule has 51 heavy (non-hydrogen) atoms. The van der Waals surface area contributed by atoms with Crippen LogP contribution in [0.2, 0.25) is 0 Å². The summed E-state index contributed by atoms with van der Waals surface area (Å²) in [5.74, 6) is 1.94. The van der Waals surface area contributed by atoms with E-state index in [1.165, 1.54) is 59.5 Å². The first-order chi connectivity index (χ1) is 25.3. The van der Waals surface area contributed by atoms with Crippen molar-refractivity contribution < 1.29 is 0 Å². The van der Waals surface area contributed by atoms with Crippen LogP contribution >= 0.6 is 0 Å². The van der Waals surface area contributed by atoms with Gasteiger partial charge in [0.1, 0.15) is 0 Å². The van der Waals surface area contributed by atoms with Gasteiger partial charge in [0.05, 0.1) is 16.7 Å². The highest BCUT2D eigenvalue weighted by atomic mass is 15.0. The third kappa shape index (κ3) is 4.17. The fraction of sp³-hybridized carbons (Fsp3) is 0. The maximum absolute atomic E-state index is 5.12. The maximum Gasteiger partial charge on any atom is 0.164 e. The molecule has 0 bridgehead atoms. The quantitative estimate of drug-likeness (QED) is 0.178. The van der Waals surface area contributed by atoms with Gasteiger partial charge in [-0.25, -0.2) is 15.0 Å². The van der Waals surface area contributed by atoms with Gasteiger partial charge < -0.3 is 4.57 Å². The lowest BCUT2D eigenvalue weighted by Crippen LogP contribution is -2.01. The number of nitrogens with zero attached hydrogens (tertiary/aromatic N) is 4. The molecular formula is C47H28N4. The number of fused-ring (bicyclic) bond motifs is 6. The van der Waals surface area contributed by atoms with Crippen molar-refractivity contribution in [3.8, 4) is 39.9 Å². The summed E-state index contributed by atoms with van der Waals surface area (Å²) >= 11 is 0. The molecule has 4 heteroatoms. The van der Waals surface area contributed by atoms with E-state index in [1.807, 2.05) is 36.4 Å². The predicted molar refractivity (Wildman–Crippen MR) is 212 cm³/mol. The molecule has 9 aromatic carbocycles. The lowest BCUT2D eigenvalue weighted by atomic mass is 9.91. The molecule has 4 nitrogen and oxygen atoms in total. The molecular weight excluding hydrogens is 621 g/mol. The first-order valence-corrected chi connectivity index (χ1v) is 17.3. The van der Waals surface area contributed by atoms with Gasteiger partial charge in [-0.05, 0) is 62.0 Å². The van der Waals surface area contributed by atoms with Crippen LogP contribution in [0.1, 0.15) is 0 Å². The molecule has 0 fully saturated rings. The Labute approximate surface area is 293 Å². The van der Waals surface area contributed by atoms with Crippen LogP contribution in [-0.4, -0.2) is 19.5 Å². The second-order valence-electron chi connectivity index (χ2n) is 13.2. The summed E-state index contributed by atoms with van der Waals surface area (Å²) in [5.41, 5.74) is 6.30. The fourth-order valence-electron chi connectivity index (χ4n) is 8.13. The molecule has 0 saturated carbocycles. The lowest BCUT2D eigenvalue weighted by molar-refractivity contribution is 1.07. The Hall–Kier alpha value is -6.91. The Morgan fingerprint density at radius 1 is 0.314 bits per heavy atom. The van der Waals surface area contributed by atoms with Gasteiger partial charge in [-0.1, -0.05) is 146 Å². The van der Waals surface area contributed by atoms with Gasteiger partial charge in [0.2, 0.25) is 0 Å². The average molecular weight is 649 g/mol. The topological polar surface area (TPSA) is 43.6 Å². The Balaban J connectivity index is 1.24. The smallest absolute Gasteiger partial charge is 0.164 e. The van der Waals surface area contributed by atoms with Crippen LogP contribution in [0.4, 0.5) is 0 Å². The van der Waals surface area contributed by atoms with Crippen molar-refractivity contribution in [3.05, 3.63) is 170 Å². The molecule has 0 saturated heterocycles. The van der Waals surface area contributed by atoms with Crippen molar-refractivity contribution in [2.75, 3.05) is 0 Å². The summed E-state index contributed by atoms with van der Waals surface area (Å²) in [6.45, 7) is 0. The van der Waals surface area contributed by atoms with E-state index < -0.39 is 0 Å². The Bertz CT molecular complexity index is 3070. The van der Waals surface area contributed by atoms with Gasteiger partial charge in [-0.2, -0.15) is 0 Å². The van der Waals surface area contributed by atoms with E-state index in [4.69, 9.17) is 15.0 Å². The second kappa shape index (κ2) is 10.8. The normalized spacial score (nSPS) is 11.9. The van der Waals surface area contributed by atoms with E-state index in [1.54, 1.807) is 0 Å². The molecule has 0 amide bonds. The van der Waals surface area contributed by atoms with E-state index in [-0.39, 0.29) is 0 Å². The standard InChI is InChI=1S/C47H28N4/c1-3-14-30(15-4-1)45-48-46(31-16-5-2-6-17-31)50-47(49-45)33-27-32-18-8-9-19-34(32)41(28-33)51-39-23-11-21-36-37-26-25-29-13-7-10-20-35(29)42(37)38-22-12-24-40(51)44(38)43(36)39/h1-28H. The van der Waals surface area contributed by atoms with Crippen molar-refractivity contribution >= 4 is 64.9 Å². The van der Waals surface area contributed by atoms with Crippen LogP contribution in [0.3, 0.4) is 0 Å². The zero-order valence-electron chi connectivity index (χ0n) is 27.5. The van der Waals surface area contributed by atoms with E-state index in [0.29, 0.717) is 17.5 Å². The Kier molecular flexibility index (Phi) is 5.92. The molecule has 2 aromatic heterocycles. The molecule has 0 atom stereocenters. The van der Waals surface area contributed by atoms with Crippen LogP contribution < -0.4 is 0 Å². The largest absolute Gasteiger partial charge is 0.309 e. The third-order valence-electron chi connectivity index (χ3n) is 10.3. The van der Waals surface area contributed by atoms with Gasteiger partial charge in [0, 0.05) is 32.8 Å².